The van der Waals surface area contributed by atoms with E-state index in [0.717, 1.165) is 16.8 Å². The fraction of sp³-hybridized carbons (Fsp3) is 0.250. The predicted octanol–water partition coefficient (Wildman–Crippen LogP) is 0.989. The van der Waals surface area contributed by atoms with Gasteiger partial charge < -0.3 is 19.4 Å². The van der Waals surface area contributed by atoms with Crippen molar-refractivity contribution in [3.05, 3.63) is 48.5 Å². The minimum absolute atomic E-state index is 0.212. The molecule has 0 fully saturated rings. The third-order valence-corrected chi connectivity index (χ3v) is 5.89. The summed E-state index contributed by atoms with van der Waals surface area (Å²) in [6.07, 6.45) is 0.779. The molecule has 0 saturated heterocycles. The van der Waals surface area contributed by atoms with E-state index in [-0.39, 0.29) is 11.5 Å². The molecule has 0 amide bonds. The number of aromatic hydroxyl groups is 2. The van der Waals surface area contributed by atoms with E-state index in [0.29, 0.717) is 13.2 Å². The summed E-state index contributed by atoms with van der Waals surface area (Å²) in [6, 6.07) is 14.3. The standard InChI is InChI=1S/C16H20O4Si/c1-19-11-6-12-20-21(15-9-4-2-7-13(15)17)16-10-5-3-8-14(16)18/h2-5,7-10,17-18,21H,6,11-12H2,1H3. The van der Waals surface area contributed by atoms with Gasteiger partial charge in [0.25, 0.3) is 0 Å². The maximum Gasteiger partial charge on any atom is 0.247 e. The Morgan fingerprint density at radius 1 is 0.857 bits per heavy atom. The van der Waals surface area contributed by atoms with E-state index >= 15 is 0 Å². The highest BCUT2D eigenvalue weighted by atomic mass is 28.3. The molecule has 2 rings (SSSR count). The Hall–Kier alpha value is -1.82. The molecule has 0 bridgehead atoms. The molecule has 5 heteroatoms. The first-order valence-corrected chi connectivity index (χ1v) is 8.53. The molecule has 0 aliphatic rings. The lowest BCUT2D eigenvalue weighted by atomic mass is 10.3. The Balaban J connectivity index is 2.27. The highest BCUT2D eigenvalue weighted by Crippen LogP contribution is 2.11. The maximum absolute atomic E-state index is 10.1. The van der Waals surface area contributed by atoms with E-state index in [4.69, 9.17) is 9.16 Å². The molecule has 112 valence electrons. The molecule has 0 aromatic heterocycles. The maximum atomic E-state index is 10.1. The third-order valence-electron chi connectivity index (χ3n) is 3.22. The molecule has 0 atom stereocenters. The van der Waals surface area contributed by atoms with Gasteiger partial charge in [0.05, 0.1) is 0 Å². The number of phenolic OH excluding ortho intramolecular Hbond substituents is 2. The number of phenols is 2. The van der Waals surface area contributed by atoms with E-state index < -0.39 is 9.04 Å². The van der Waals surface area contributed by atoms with Crippen LogP contribution < -0.4 is 10.4 Å². The number of methoxy groups -OCH3 is 1. The number of hydrogen-bond donors (Lipinski definition) is 2. The zero-order chi connectivity index (χ0) is 15.1. The van der Waals surface area contributed by atoms with Gasteiger partial charge in [-0.1, -0.05) is 36.4 Å². The second-order valence-electron chi connectivity index (χ2n) is 4.71. The van der Waals surface area contributed by atoms with Gasteiger partial charge in [0, 0.05) is 30.7 Å². The van der Waals surface area contributed by atoms with Crippen LogP contribution in [0.2, 0.25) is 0 Å². The molecule has 0 spiro atoms. The lowest BCUT2D eigenvalue weighted by Gasteiger charge is -2.19. The van der Waals surface area contributed by atoms with Crippen molar-refractivity contribution in [3.8, 4) is 11.5 Å². The van der Waals surface area contributed by atoms with E-state index in [1.807, 2.05) is 24.3 Å². The normalized spacial score (nSPS) is 11.0. The summed E-state index contributed by atoms with van der Waals surface area (Å²) in [5.74, 6) is 0.424. The van der Waals surface area contributed by atoms with Crippen LogP contribution in [0.1, 0.15) is 6.42 Å². The van der Waals surface area contributed by atoms with E-state index in [9.17, 15) is 10.2 Å². The van der Waals surface area contributed by atoms with Crippen LogP contribution in [0.5, 0.6) is 11.5 Å². The Morgan fingerprint density at radius 3 is 1.86 bits per heavy atom. The fourth-order valence-corrected chi connectivity index (χ4v) is 4.57. The van der Waals surface area contributed by atoms with E-state index in [2.05, 4.69) is 0 Å². The first-order chi connectivity index (χ1) is 10.2. The van der Waals surface area contributed by atoms with Crippen LogP contribution in [0, 0.1) is 0 Å². The Morgan fingerprint density at radius 2 is 1.38 bits per heavy atom. The molecule has 2 N–H and O–H groups in total. The molecular formula is C16H20O4Si. The van der Waals surface area contributed by atoms with Crippen LogP contribution in [-0.4, -0.2) is 39.6 Å². The first kappa shape index (κ1) is 15.6. The second-order valence-corrected chi connectivity index (χ2v) is 7.05. The predicted molar refractivity (Wildman–Crippen MR) is 85.1 cm³/mol. The molecule has 2 aromatic carbocycles. The third kappa shape index (κ3) is 4.07. The number of hydrogen-bond acceptors (Lipinski definition) is 4. The van der Waals surface area contributed by atoms with Crippen LogP contribution in [-0.2, 0) is 9.16 Å². The summed E-state index contributed by atoms with van der Waals surface area (Å²) in [7, 11) is -0.474. The lowest BCUT2D eigenvalue weighted by molar-refractivity contribution is 0.173. The Labute approximate surface area is 126 Å². The summed E-state index contributed by atoms with van der Waals surface area (Å²) >= 11 is 0. The monoisotopic (exact) mass is 304 g/mol. The molecular weight excluding hydrogens is 284 g/mol. The average Bonchev–Trinajstić information content (AvgIpc) is 2.50. The van der Waals surface area contributed by atoms with Crippen molar-refractivity contribution in [2.24, 2.45) is 0 Å². The quantitative estimate of drug-likeness (QED) is 0.591. The smallest absolute Gasteiger partial charge is 0.247 e. The summed E-state index contributed by atoms with van der Waals surface area (Å²) in [5.41, 5.74) is 0. The van der Waals surface area contributed by atoms with Crippen LogP contribution in [0.3, 0.4) is 0 Å². The SMILES string of the molecule is COCCCO[SiH](c1ccccc1O)c1ccccc1O. The number of para-hydroxylation sites is 2. The van der Waals surface area contributed by atoms with Gasteiger partial charge in [-0.05, 0) is 18.6 Å². The van der Waals surface area contributed by atoms with Crippen molar-refractivity contribution >= 4 is 19.4 Å². The molecule has 21 heavy (non-hydrogen) atoms. The highest BCUT2D eigenvalue weighted by Gasteiger charge is 2.23. The van der Waals surface area contributed by atoms with E-state index in [1.54, 1.807) is 31.4 Å². The van der Waals surface area contributed by atoms with Gasteiger partial charge in [0.2, 0.25) is 9.04 Å². The van der Waals surface area contributed by atoms with Gasteiger partial charge in [-0.2, -0.15) is 0 Å². The zero-order valence-electron chi connectivity index (χ0n) is 12.0. The number of ether oxygens (including phenoxy) is 1. The summed E-state index contributed by atoms with van der Waals surface area (Å²) in [4.78, 5) is 0. The minimum atomic E-state index is -2.13. The van der Waals surface area contributed by atoms with Crippen LogP contribution in [0.4, 0.5) is 0 Å². The summed E-state index contributed by atoms with van der Waals surface area (Å²) < 4.78 is 11.0. The van der Waals surface area contributed by atoms with Gasteiger partial charge in [0.15, 0.2) is 0 Å². The highest BCUT2D eigenvalue weighted by molar-refractivity contribution is 6.81. The molecule has 0 unspecified atom stereocenters. The van der Waals surface area contributed by atoms with Crippen LogP contribution in [0.15, 0.2) is 48.5 Å². The largest absolute Gasteiger partial charge is 0.508 e. The molecule has 4 nitrogen and oxygen atoms in total. The van der Waals surface area contributed by atoms with Gasteiger partial charge in [-0.3, -0.25) is 0 Å². The van der Waals surface area contributed by atoms with Crippen molar-refractivity contribution in [1.29, 1.82) is 0 Å². The molecule has 0 aliphatic heterocycles. The van der Waals surface area contributed by atoms with Crippen molar-refractivity contribution in [2.75, 3.05) is 20.3 Å². The molecule has 2 aromatic rings. The van der Waals surface area contributed by atoms with Crippen LogP contribution >= 0.6 is 0 Å². The second kappa shape index (κ2) is 7.83. The topological polar surface area (TPSA) is 58.9 Å². The molecule has 0 heterocycles. The lowest BCUT2D eigenvalue weighted by Crippen LogP contribution is -2.45. The number of benzene rings is 2. The Bertz CT molecular complexity index is 528. The fourth-order valence-electron chi connectivity index (χ4n) is 2.17. The van der Waals surface area contributed by atoms with Gasteiger partial charge in [-0.15, -0.1) is 0 Å². The number of rotatable bonds is 7. The van der Waals surface area contributed by atoms with Crippen molar-refractivity contribution in [2.45, 2.75) is 6.42 Å². The van der Waals surface area contributed by atoms with Crippen molar-refractivity contribution < 1.29 is 19.4 Å². The van der Waals surface area contributed by atoms with Crippen molar-refractivity contribution in [1.82, 2.24) is 0 Å². The minimum Gasteiger partial charge on any atom is -0.508 e. The summed E-state index contributed by atoms with van der Waals surface area (Å²) in [6.45, 7) is 1.16. The van der Waals surface area contributed by atoms with Gasteiger partial charge in [-0.25, -0.2) is 0 Å². The van der Waals surface area contributed by atoms with Crippen molar-refractivity contribution in [3.63, 3.8) is 0 Å². The van der Waals surface area contributed by atoms with E-state index in [1.165, 1.54) is 0 Å². The molecule has 0 saturated carbocycles. The van der Waals surface area contributed by atoms with Gasteiger partial charge in [0.1, 0.15) is 11.5 Å². The molecule has 0 aliphatic carbocycles. The average molecular weight is 304 g/mol. The first-order valence-electron chi connectivity index (χ1n) is 6.90. The molecule has 0 radical (unpaired) electrons. The van der Waals surface area contributed by atoms with Crippen LogP contribution in [0.25, 0.3) is 0 Å². The summed E-state index contributed by atoms with van der Waals surface area (Å²) in [5, 5.41) is 21.7. The zero-order valence-corrected chi connectivity index (χ0v) is 13.2. The Kier molecular flexibility index (Phi) is 5.80. The van der Waals surface area contributed by atoms with Gasteiger partial charge >= 0.3 is 0 Å².